The number of aromatic nitrogens is 4. The number of hydrogen-bond acceptors (Lipinski definition) is 7. The van der Waals surface area contributed by atoms with E-state index in [0.29, 0.717) is 33.0 Å². The van der Waals surface area contributed by atoms with Gasteiger partial charge in [-0.25, -0.2) is 4.98 Å². The largest absolute Gasteiger partial charge is 0.359 e. The molecule has 0 amide bonds. The van der Waals surface area contributed by atoms with E-state index in [2.05, 4.69) is 25.1 Å². The number of benzene rings is 1. The molecule has 0 radical (unpaired) electrons. The summed E-state index contributed by atoms with van der Waals surface area (Å²) >= 11 is 1.10. The average molecular weight is 414 g/mol. The quantitative estimate of drug-likeness (QED) is 0.541. The van der Waals surface area contributed by atoms with Crippen molar-refractivity contribution in [2.45, 2.75) is 20.8 Å². The molecule has 0 saturated heterocycles. The Morgan fingerprint density at radius 1 is 1.17 bits per heavy atom. The number of fused-ring (bicyclic) bond motifs is 3. The van der Waals surface area contributed by atoms with Gasteiger partial charge in [-0.15, -0.1) is 0 Å². The van der Waals surface area contributed by atoms with Crippen molar-refractivity contribution in [2.75, 3.05) is 5.32 Å². The van der Waals surface area contributed by atoms with Crippen LogP contribution in [0.15, 0.2) is 47.4 Å². The lowest BCUT2D eigenvalue weighted by Crippen LogP contribution is -2.34. The fourth-order valence-electron chi connectivity index (χ4n) is 3.22. The molecule has 0 aliphatic carbocycles. The summed E-state index contributed by atoms with van der Waals surface area (Å²) in [5, 5.41) is 13.3. The molecule has 0 saturated carbocycles. The maximum Gasteiger partial charge on any atom is 0.265 e. The van der Waals surface area contributed by atoms with Crippen LogP contribution >= 0.6 is 11.7 Å². The van der Waals surface area contributed by atoms with E-state index in [9.17, 15) is 10.1 Å². The number of nitriles is 1. The van der Waals surface area contributed by atoms with Gasteiger partial charge in [0.2, 0.25) is 0 Å². The van der Waals surface area contributed by atoms with Gasteiger partial charge in [-0.05, 0) is 50.1 Å². The summed E-state index contributed by atoms with van der Waals surface area (Å²) in [6.45, 7) is 5.61. The number of para-hydroxylation sites is 2. The fourth-order valence-corrected chi connectivity index (χ4v) is 3.61. The molecule has 1 N–H and O–H groups in total. The summed E-state index contributed by atoms with van der Waals surface area (Å²) in [6, 6.07) is 13.4. The van der Waals surface area contributed by atoms with Crippen LogP contribution in [0.4, 0.5) is 5.69 Å². The highest BCUT2D eigenvalue weighted by atomic mass is 32.1. The van der Waals surface area contributed by atoms with E-state index >= 15 is 0 Å². The Morgan fingerprint density at radius 2 is 1.97 bits per heavy atom. The number of imidazole rings is 1. The van der Waals surface area contributed by atoms with Crippen molar-refractivity contribution in [2.24, 2.45) is 0 Å². The van der Waals surface area contributed by atoms with Crippen molar-refractivity contribution in [1.82, 2.24) is 18.1 Å². The zero-order valence-corrected chi connectivity index (χ0v) is 17.5. The van der Waals surface area contributed by atoms with E-state index in [0.717, 1.165) is 28.7 Å². The van der Waals surface area contributed by atoms with E-state index in [-0.39, 0.29) is 5.56 Å². The van der Waals surface area contributed by atoms with E-state index in [1.54, 1.807) is 19.3 Å². The molecule has 3 heterocycles. The smallest absolute Gasteiger partial charge is 0.265 e. The number of nitrogens with zero attached hydrogens (tertiary/aromatic N) is 5. The van der Waals surface area contributed by atoms with E-state index in [1.807, 2.05) is 50.2 Å². The number of nitrogens with one attached hydrogen (secondary N) is 1. The summed E-state index contributed by atoms with van der Waals surface area (Å²) < 4.78 is 9.95. The number of pyridine rings is 1. The molecule has 0 spiro atoms. The molecule has 0 aliphatic heterocycles. The number of hydrogen-bond donors (Lipinski definition) is 1. The van der Waals surface area contributed by atoms with Gasteiger partial charge in [-0.3, -0.25) is 9.20 Å². The Morgan fingerprint density at radius 3 is 2.77 bits per heavy atom. The minimum atomic E-state index is -0.231. The monoisotopic (exact) mass is 414 g/mol. The van der Waals surface area contributed by atoms with Gasteiger partial charge in [0.15, 0.2) is 5.65 Å². The van der Waals surface area contributed by atoms with Crippen molar-refractivity contribution < 1.29 is 0 Å². The molecule has 0 unspecified atom stereocenters. The van der Waals surface area contributed by atoms with Crippen molar-refractivity contribution in [3.63, 3.8) is 0 Å². The Kier molecular flexibility index (Phi) is 5.12. The molecule has 8 heteroatoms. The molecule has 148 valence electrons. The van der Waals surface area contributed by atoms with E-state index in [1.165, 1.54) is 4.40 Å². The third-order valence-electron chi connectivity index (χ3n) is 4.89. The van der Waals surface area contributed by atoms with Crippen LogP contribution in [0, 0.1) is 32.1 Å². The Hall–Kier alpha value is -3.83. The van der Waals surface area contributed by atoms with Gasteiger partial charge < -0.3 is 5.32 Å². The molecule has 4 aromatic rings. The first kappa shape index (κ1) is 19.5. The normalized spacial score (nSPS) is 11.5. The van der Waals surface area contributed by atoms with Crippen LogP contribution < -0.4 is 16.1 Å². The van der Waals surface area contributed by atoms with Crippen molar-refractivity contribution in [1.29, 1.82) is 5.26 Å². The van der Waals surface area contributed by atoms with Gasteiger partial charge in [-0.2, -0.15) is 14.0 Å². The third-order valence-corrected chi connectivity index (χ3v) is 5.46. The summed E-state index contributed by atoms with van der Waals surface area (Å²) in [4.78, 5) is 17.8. The van der Waals surface area contributed by atoms with Crippen LogP contribution in [0.25, 0.3) is 22.9 Å². The zero-order chi connectivity index (χ0) is 21.3. The molecule has 0 atom stereocenters. The first-order valence-electron chi connectivity index (χ1n) is 9.25. The van der Waals surface area contributed by atoms with Crippen LogP contribution in [0.2, 0.25) is 0 Å². The molecule has 4 rings (SSSR count). The van der Waals surface area contributed by atoms with Crippen LogP contribution in [-0.4, -0.2) is 18.1 Å². The highest BCUT2D eigenvalue weighted by molar-refractivity contribution is 6.98. The number of anilines is 1. The standard InChI is InChI=1S/C22H18N6OS/c1-13-8-9-14(2)27-30-25-12-19(13)24-11-17-15(3)16(10-23)21-26-18-6-4-5-7-20(18)28(21)22(17)29/h4-9,11-12,24H,1-3H3. The van der Waals surface area contributed by atoms with Gasteiger partial charge in [0, 0.05) is 6.20 Å². The highest BCUT2D eigenvalue weighted by Crippen LogP contribution is 2.17. The first-order chi connectivity index (χ1) is 14.5. The minimum Gasteiger partial charge on any atom is -0.359 e. The lowest BCUT2D eigenvalue weighted by Gasteiger charge is -2.05. The molecule has 0 bridgehead atoms. The van der Waals surface area contributed by atoms with Crippen LogP contribution in [-0.2, 0) is 0 Å². The molecule has 7 nitrogen and oxygen atoms in total. The Balaban J connectivity index is 1.98. The van der Waals surface area contributed by atoms with Crippen molar-refractivity contribution >= 4 is 40.3 Å². The minimum absolute atomic E-state index is 0.231. The second kappa shape index (κ2) is 7.89. The Labute approximate surface area is 176 Å². The second-order valence-corrected chi connectivity index (χ2v) is 7.41. The zero-order valence-electron chi connectivity index (χ0n) is 16.7. The van der Waals surface area contributed by atoms with Gasteiger partial charge in [0.05, 0.1) is 51.1 Å². The molecule has 3 aromatic heterocycles. The first-order valence-corrected chi connectivity index (χ1v) is 9.98. The molecule has 30 heavy (non-hydrogen) atoms. The molecule has 0 fully saturated rings. The van der Waals surface area contributed by atoms with Crippen LogP contribution in [0.1, 0.15) is 22.4 Å². The lowest BCUT2D eigenvalue weighted by atomic mass is 10.1. The van der Waals surface area contributed by atoms with E-state index in [4.69, 9.17) is 0 Å². The Bertz CT molecular complexity index is 1490. The molecule has 0 aliphatic rings. The second-order valence-electron chi connectivity index (χ2n) is 6.86. The highest BCUT2D eigenvalue weighted by Gasteiger charge is 2.15. The maximum absolute atomic E-state index is 13.3. The molecule has 1 aromatic carbocycles. The third kappa shape index (κ3) is 3.36. The number of aryl methyl sites for hydroxylation is 2. The molecular weight excluding hydrogens is 396 g/mol. The van der Waals surface area contributed by atoms with E-state index < -0.39 is 0 Å². The summed E-state index contributed by atoms with van der Waals surface area (Å²) in [5.41, 5.74) is 4.99. The van der Waals surface area contributed by atoms with Gasteiger partial charge >= 0.3 is 0 Å². The fraction of sp³-hybridized carbons (Fsp3) is 0.136. The summed E-state index contributed by atoms with van der Waals surface area (Å²) in [6.07, 6.45) is 3.29. The maximum atomic E-state index is 13.3. The van der Waals surface area contributed by atoms with Gasteiger partial charge in [0.1, 0.15) is 6.07 Å². The van der Waals surface area contributed by atoms with Crippen molar-refractivity contribution in [3.05, 3.63) is 80.6 Å². The summed E-state index contributed by atoms with van der Waals surface area (Å²) in [5.74, 6) is 0. The predicted molar refractivity (Wildman–Crippen MR) is 119 cm³/mol. The predicted octanol–water partition coefficient (Wildman–Crippen LogP) is 3.19. The van der Waals surface area contributed by atoms with Gasteiger partial charge in [0.25, 0.3) is 5.56 Å². The number of rotatable bonds is 2. The average Bonchev–Trinajstić information content (AvgIpc) is 3.14. The van der Waals surface area contributed by atoms with Crippen LogP contribution in [0.3, 0.4) is 0 Å². The summed E-state index contributed by atoms with van der Waals surface area (Å²) in [7, 11) is 0. The SMILES string of the molecule is Cc1ccc(C)c(NC=c2c(C)c(C#N)c3nc4ccccc4n3c2=O)cnsn1. The molecular formula is C22H18N6OS. The van der Waals surface area contributed by atoms with Crippen LogP contribution in [0.5, 0.6) is 0 Å². The topological polar surface area (TPSA) is 96.0 Å². The van der Waals surface area contributed by atoms with Crippen molar-refractivity contribution in [3.8, 4) is 6.07 Å². The lowest BCUT2D eigenvalue weighted by molar-refractivity contribution is 1.10. The van der Waals surface area contributed by atoms with Gasteiger partial charge in [-0.1, -0.05) is 18.2 Å².